The van der Waals surface area contributed by atoms with Gasteiger partial charge in [0.2, 0.25) is 0 Å². The second kappa shape index (κ2) is 7.75. The van der Waals surface area contributed by atoms with E-state index in [9.17, 15) is 0 Å². The van der Waals surface area contributed by atoms with Gasteiger partial charge in [-0.25, -0.2) is 4.98 Å². The zero-order chi connectivity index (χ0) is 19.0. The molecule has 0 saturated carbocycles. The Balaban J connectivity index is 1.50. The highest BCUT2D eigenvalue weighted by Crippen LogP contribution is 2.33. The first-order valence-corrected chi connectivity index (χ1v) is 11.4. The maximum absolute atomic E-state index is 6.28. The van der Waals surface area contributed by atoms with Gasteiger partial charge in [0.1, 0.15) is 5.01 Å². The van der Waals surface area contributed by atoms with Crippen molar-refractivity contribution >= 4 is 46.0 Å². The number of thiophene rings is 1. The summed E-state index contributed by atoms with van der Waals surface area (Å²) in [6, 6.07) is 7.80. The molecular formula is C19H17ClN4S3. The van der Waals surface area contributed by atoms with Crippen LogP contribution in [0.3, 0.4) is 0 Å². The van der Waals surface area contributed by atoms with Gasteiger partial charge in [0.15, 0.2) is 11.0 Å². The van der Waals surface area contributed by atoms with E-state index < -0.39 is 0 Å². The van der Waals surface area contributed by atoms with Gasteiger partial charge in [-0.3, -0.25) is 0 Å². The zero-order valence-electron chi connectivity index (χ0n) is 15.1. The molecule has 138 valence electrons. The van der Waals surface area contributed by atoms with Crippen LogP contribution in [0.15, 0.2) is 40.2 Å². The maximum atomic E-state index is 6.28. The lowest BCUT2D eigenvalue weighted by molar-refractivity contribution is 0.793. The summed E-state index contributed by atoms with van der Waals surface area (Å²) in [5.74, 6) is 1.66. The fourth-order valence-corrected chi connectivity index (χ4v) is 5.59. The molecule has 0 atom stereocenters. The highest BCUT2D eigenvalue weighted by Gasteiger charge is 2.16. The summed E-state index contributed by atoms with van der Waals surface area (Å²) >= 11 is 11.3. The Morgan fingerprint density at radius 3 is 2.63 bits per heavy atom. The van der Waals surface area contributed by atoms with E-state index in [1.807, 2.05) is 31.3 Å². The average molecular weight is 433 g/mol. The first kappa shape index (κ1) is 18.7. The summed E-state index contributed by atoms with van der Waals surface area (Å²) in [6.07, 6.45) is 0. The quantitative estimate of drug-likeness (QED) is 0.350. The van der Waals surface area contributed by atoms with Crippen molar-refractivity contribution in [2.75, 3.05) is 0 Å². The van der Waals surface area contributed by atoms with Crippen molar-refractivity contribution in [1.82, 2.24) is 19.7 Å². The van der Waals surface area contributed by atoms with Gasteiger partial charge in [-0.15, -0.1) is 32.9 Å². The van der Waals surface area contributed by atoms with E-state index in [1.165, 1.54) is 10.4 Å². The summed E-state index contributed by atoms with van der Waals surface area (Å²) in [6.45, 7) is 4.27. The molecule has 0 amide bonds. The molecule has 0 N–H and O–H groups in total. The van der Waals surface area contributed by atoms with Gasteiger partial charge < -0.3 is 4.57 Å². The van der Waals surface area contributed by atoms with Crippen molar-refractivity contribution in [1.29, 1.82) is 0 Å². The van der Waals surface area contributed by atoms with Crippen molar-refractivity contribution in [3.8, 4) is 22.0 Å². The van der Waals surface area contributed by atoms with Crippen molar-refractivity contribution < 1.29 is 0 Å². The molecule has 3 aromatic heterocycles. The Kier molecular flexibility index (Phi) is 5.36. The molecule has 0 spiro atoms. The largest absolute Gasteiger partial charge is 0.305 e. The van der Waals surface area contributed by atoms with Crippen molar-refractivity contribution in [3.05, 3.63) is 56.2 Å². The predicted octanol–water partition coefficient (Wildman–Crippen LogP) is 6.23. The van der Waals surface area contributed by atoms with Crippen molar-refractivity contribution in [3.63, 3.8) is 0 Å². The Morgan fingerprint density at radius 2 is 1.89 bits per heavy atom. The zero-order valence-corrected chi connectivity index (χ0v) is 18.3. The van der Waals surface area contributed by atoms with Crippen LogP contribution in [0.25, 0.3) is 22.0 Å². The van der Waals surface area contributed by atoms with Crippen molar-refractivity contribution in [2.24, 2.45) is 7.05 Å². The number of thioether (sulfide) groups is 1. The third-order valence-electron chi connectivity index (χ3n) is 4.37. The molecule has 4 rings (SSSR count). The molecule has 0 saturated heterocycles. The minimum absolute atomic E-state index is 0.727. The smallest absolute Gasteiger partial charge is 0.191 e. The molecule has 0 bridgehead atoms. The first-order chi connectivity index (χ1) is 13.0. The third kappa shape index (κ3) is 3.69. The number of aromatic nitrogens is 4. The van der Waals surface area contributed by atoms with Gasteiger partial charge in [0.25, 0.3) is 0 Å². The number of benzene rings is 1. The number of hydrogen-bond donors (Lipinski definition) is 0. The lowest BCUT2D eigenvalue weighted by Crippen LogP contribution is -1.95. The molecule has 4 nitrogen and oxygen atoms in total. The molecule has 0 aliphatic rings. The summed E-state index contributed by atoms with van der Waals surface area (Å²) < 4.78 is 2.06. The molecule has 0 unspecified atom stereocenters. The van der Waals surface area contributed by atoms with Crippen LogP contribution < -0.4 is 0 Å². The Bertz CT molecular complexity index is 1100. The summed E-state index contributed by atoms with van der Waals surface area (Å²) in [4.78, 5) is 6.04. The lowest BCUT2D eigenvalue weighted by Gasteiger charge is -2.03. The number of rotatable bonds is 5. The van der Waals surface area contributed by atoms with E-state index in [2.05, 4.69) is 39.4 Å². The number of thiazole rings is 1. The molecule has 0 aliphatic heterocycles. The lowest BCUT2D eigenvalue weighted by atomic mass is 10.2. The summed E-state index contributed by atoms with van der Waals surface area (Å²) in [5, 5.41) is 15.6. The maximum Gasteiger partial charge on any atom is 0.191 e. The summed E-state index contributed by atoms with van der Waals surface area (Å²) in [7, 11) is 2.01. The molecule has 3 heterocycles. The van der Waals surface area contributed by atoms with Crippen LogP contribution in [0.2, 0.25) is 5.02 Å². The van der Waals surface area contributed by atoms with Crippen LogP contribution in [0, 0.1) is 13.8 Å². The highest BCUT2D eigenvalue weighted by atomic mass is 35.5. The van der Waals surface area contributed by atoms with Crippen LogP contribution in [0.1, 0.15) is 16.1 Å². The van der Waals surface area contributed by atoms with Crippen LogP contribution in [0.5, 0.6) is 0 Å². The van der Waals surface area contributed by atoms with E-state index in [-0.39, 0.29) is 0 Å². The standard InChI is InChI=1S/C19H17ClN4S3/c1-11-12(2)25-10-15(11)17-22-23-19(24(17)3)27-9-13-8-26-18(21-13)14-6-4-5-7-16(14)20/h4-8,10H,9H2,1-3H3. The Hall–Kier alpha value is -1.67. The molecule has 8 heteroatoms. The van der Waals surface area contributed by atoms with Gasteiger partial charge in [0, 0.05) is 39.6 Å². The van der Waals surface area contributed by atoms with E-state index in [4.69, 9.17) is 16.6 Å². The Morgan fingerprint density at radius 1 is 1.07 bits per heavy atom. The predicted molar refractivity (Wildman–Crippen MR) is 116 cm³/mol. The fourth-order valence-electron chi connectivity index (χ4n) is 2.68. The molecule has 0 radical (unpaired) electrons. The molecule has 0 fully saturated rings. The third-order valence-corrected chi connectivity index (χ3v) is 7.69. The highest BCUT2D eigenvalue weighted by molar-refractivity contribution is 7.98. The van der Waals surface area contributed by atoms with Crippen molar-refractivity contribution in [2.45, 2.75) is 24.8 Å². The van der Waals surface area contributed by atoms with Crippen LogP contribution >= 0.6 is 46.0 Å². The average Bonchev–Trinajstić information content (AvgIpc) is 3.35. The van der Waals surface area contributed by atoms with Gasteiger partial charge in [0.05, 0.1) is 10.7 Å². The molecule has 0 aliphatic carbocycles. The van der Waals surface area contributed by atoms with Crippen LogP contribution in [-0.2, 0) is 12.8 Å². The number of nitrogens with zero attached hydrogens (tertiary/aromatic N) is 4. The minimum atomic E-state index is 0.727. The van der Waals surface area contributed by atoms with Gasteiger partial charge in [-0.2, -0.15) is 0 Å². The number of aryl methyl sites for hydroxylation is 1. The molecule has 4 aromatic rings. The van der Waals surface area contributed by atoms with E-state index >= 15 is 0 Å². The van der Waals surface area contributed by atoms with Gasteiger partial charge >= 0.3 is 0 Å². The Labute approximate surface area is 175 Å². The molecule has 27 heavy (non-hydrogen) atoms. The number of halogens is 1. The molecular weight excluding hydrogens is 416 g/mol. The van der Waals surface area contributed by atoms with Crippen LogP contribution in [0.4, 0.5) is 0 Å². The fraction of sp³-hybridized carbons (Fsp3) is 0.211. The SMILES string of the molecule is Cc1scc(-c2nnc(SCc3csc(-c4ccccc4Cl)n3)n2C)c1C. The van der Waals surface area contributed by atoms with Crippen LogP contribution in [-0.4, -0.2) is 19.7 Å². The number of hydrogen-bond acceptors (Lipinski definition) is 6. The second-order valence-corrected chi connectivity index (χ2v) is 9.40. The van der Waals surface area contributed by atoms with E-state index in [0.29, 0.717) is 0 Å². The minimum Gasteiger partial charge on any atom is -0.305 e. The molecule has 1 aromatic carbocycles. The van der Waals surface area contributed by atoms with E-state index in [1.54, 1.807) is 34.4 Å². The first-order valence-electron chi connectivity index (χ1n) is 8.31. The normalized spacial score (nSPS) is 11.3. The monoisotopic (exact) mass is 432 g/mol. The van der Waals surface area contributed by atoms with E-state index in [0.717, 1.165) is 43.6 Å². The van der Waals surface area contributed by atoms with Gasteiger partial charge in [-0.05, 0) is 25.5 Å². The topological polar surface area (TPSA) is 43.6 Å². The second-order valence-electron chi connectivity index (χ2n) is 6.11. The summed E-state index contributed by atoms with van der Waals surface area (Å²) in [5.41, 5.74) is 4.43. The van der Waals surface area contributed by atoms with Gasteiger partial charge in [-0.1, -0.05) is 41.6 Å².